The molecule has 2 heterocycles. The van der Waals surface area contributed by atoms with Crippen LogP contribution in [-0.4, -0.2) is 55.8 Å². The van der Waals surface area contributed by atoms with Gasteiger partial charge in [0.15, 0.2) is 0 Å². The van der Waals surface area contributed by atoms with Gasteiger partial charge in [-0.3, -0.25) is 14.9 Å². The molecule has 0 aliphatic carbocycles. The first kappa shape index (κ1) is 22.2. The quantitative estimate of drug-likeness (QED) is 0.504. The Labute approximate surface area is 187 Å². The number of rotatable bonds is 5. The minimum absolute atomic E-state index is 0.0145. The molecule has 0 aromatic heterocycles. The summed E-state index contributed by atoms with van der Waals surface area (Å²) in [5, 5.41) is 10.8. The number of carbonyl (C=O) groups excluding carboxylic acids is 1. The van der Waals surface area contributed by atoms with Crippen LogP contribution in [0.15, 0.2) is 47.4 Å². The van der Waals surface area contributed by atoms with Gasteiger partial charge in [0.2, 0.25) is 15.9 Å². The Bertz CT molecular complexity index is 1140. The lowest BCUT2D eigenvalue weighted by molar-refractivity contribution is -0.384. The van der Waals surface area contributed by atoms with E-state index in [-0.39, 0.29) is 22.5 Å². The molecule has 0 unspecified atom stereocenters. The lowest BCUT2D eigenvalue weighted by atomic mass is 10.1. The lowest BCUT2D eigenvalue weighted by Gasteiger charge is -2.35. The normalized spacial score (nSPS) is 19.1. The molecule has 2 aliphatic heterocycles. The Morgan fingerprint density at radius 1 is 1.09 bits per heavy atom. The number of nitro benzene ring substituents is 1. The molecule has 0 saturated carbocycles. The van der Waals surface area contributed by atoms with Gasteiger partial charge < -0.3 is 9.80 Å². The second kappa shape index (κ2) is 8.51. The van der Waals surface area contributed by atoms with E-state index in [4.69, 9.17) is 0 Å². The van der Waals surface area contributed by atoms with Crippen LogP contribution in [0.4, 0.5) is 17.1 Å². The standard InChI is InChI=1S/C22H26N4O5S/c1-3-22(27)25-16(2)14-17-15-20(8-9-21(17)25)32(30,31)24-12-10-23(11-13-24)18-4-6-19(7-5-18)26(28)29/h4-9,15-16H,3,10-14H2,1-2H3/t16-/m0/s1. The molecule has 9 nitrogen and oxygen atoms in total. The molecule has 0 spiro atoms. The maximum Gasteiger partial charge on any atom is 0.269 e. The average molecular weight is 459 g/mol. The van der Waals surface area contributed by atoms with Gasteiger partial charge in [0.05, 0.1) is 9.82 Å². The van der Waals surface area contributed by atoms with E-state index in [1.54, 1.807) is 35.2 Å². The van der Waals surface area contributed by atoms with Gasteiger partial charge in [-0.15, -0.1) is 0 Å². The summed E-state index contributed by atoms with van der Waals surface area (Å²) in [6.45, 7) is 5.44. The number of hydrogen-bond donors (Lipinski definition) is 0. The maximum atomic E-state index is 13.3. The van der Waals surface area contributed by atoms with Crippen molar-refractivity contribution in [2.75, 3.05) is 36.0 Å². The predicted octanol–water partition coefficient (Wildman–Crippen LogP) is 2.79. The van der Waals surface area contributed by atoms with Gasteiger partial charge in [-0.05, 0) is 49.2 Å². The Balaban J connectivity index is 1.48. The minimum Gasteiger partial charge on any atom is -0.369 e. The Morgan fingerprint density at radius 2 is 1.75 bits per heavy atom. The Morgan fingerprint density at radius 3 is 2.34 bits per heavy atom. The fourth-order valence-electron chi connectivity index (χ4n) is 4.44. The summed E-state index contributed by atoms with van der Waals surface area (Å²) in [7, 11) is -3.65. The summed E-state index contributed by atoms with van der Waals surface area (Å²) in [6.07, 6.45) is 1.04. The second-order valence-electron chi connectivity index (χ2n) is 8.13. The van der Waals surface area contributed by atoms with Crippen molar-refractivity contribution in [1.82, 2.24) is 4.31 Å². The zero-order chi connectivity index (χ0) is 23.0. The van der Waals surface area contributed by atoms with Crippen molar-refractivity contribution in [3.05, 3.63) is 58.1 Å². The summed E-state index contributed by atoms with van der Waals surface area (Å²) in [4.78, 5) is 26.7. The zero-order valence-electron chi connectivity index (χ0n) is 18.1. The number of carbonyl (C=O) groups is 1. The monoisotopic (exact) mass is 458 g/mol. The van der Waals surface area contributed by atoms with E-state index < -0.39 is 14.9 Å². The number of benzene rings is 2. The third kappa shape index (κ3) is 3.95. The number of hydrogen-bond acceptors (Lipinski definition) is 6. The first-order chi connectivity index (χ1) is 15.2. The smallest absolute Gasteiger partial charge is 0.269 e. The molecule has 4 rings (SSSR count). The van der Waals surface area contributed by atoms with Crippen molar-refractivity contribution in [2.24, 2.45) is 0 Å². The van der Waals surface area contributed by atoms with Crippen molar-refractivity contribution >= 4 is 33.0 Å². The molecule has 10 heteroatoms. The molecule has 170 valence electrons. The molecule has 0 radical (unpaired) electrons. The maximum absolute atomic E-state index is 13.3. The molecule has 1 atom stereocenters. The molecule has 0 N–H and O–H groups in total. The fourth-order valence-corrected chi connectivity index (χ4v) is 5.91. The van der Waals surface area contributed by atoms with E-state index in [0.29, 0.717) is 39.0 Å². The van der Waals surface area contributed by atoms with Crippen molar-refractivity contribution in [1.29, 1.82) is 0 Å². The van der Waals surface area contributed by atoms with Crippen LogP contribution in [0.5, 0.6) is 0 Å². The zero-order valence-corrected chi connectivity index (χ0v) is 18.9. The van der Waals surface area contributed by atoms with Gasteiger partial charge in [0.1, 0.15) is 0 Å². The molecule has 1 fully saturated rings. The number of anilines is 2. The summed E-state index contributed by atoms with van der Waals surface area (Å²) >= 11 is 0. The first-order valence-corrected chi connectivity index (χ1v) is 12.1. The lowest BCUT2D eigenvalue weighted by Crippen LogP contribution is -2.48. The van der Waals surface area contributed by atoms with Gasteiger partial charge >= 0.3 is 0 Å². The third-order valence-corrected chi connectivity index (χ3v) is 8.03. The van der Waals surface area contributed by atoms with Crippen LogP contribution in [0.2, 0.25) is 0 Å². The molecule has 32 heavy (non-hydrogen) atoms. The number of fused-ring (bicyclic) bond motifs is 1. The van der Waals surface area contributed by atoms with Gasteiger partial charge in [0.25, 0.3) is 5.69 Å². The Hall–Kier alpha value is -2.98. The van der Waals surface area contributed by atoms with Crippen LogP contribution in [0, 0.1) is 10.1 Å². The van der Waals surface area contributed by atoms with Crippen LogP contribution in [0.3, 0.4) is 0 Å². The van der Waals surface area contributed by atoms with Crippen molar-refractivity contribution in [3.63, 3.8) is 0 Å². The van der Waals surface area contributed by atoms with Crippen molar-refractivity contribution in [3.8, 4) is 0 Å². The van der Waals surface area contributed by atoms with Gasteiger partial charge in [-0.25, -0.2) is 8.42 Å². The van der Waals surface area contributed by atoms with Gasteiger partial charge in [-0.2, -0.15) is 4.31 Å². The molecular weight excluding hydrogens is 432 g/mol. The predicted molar refractivity (Wildman–Crippen MR) is 121 cm³/mol. The number of piperazine rings is 1. The highest BCUT2D eigenvalue weighted by atomic mass is 32.2. The minimum atomic E-state index is -3.65. The first-order valence-electron chi connectivity index (χ1n) is 10.7. The van der Waals surface area contributed by atoms with Crippen LogP contribution in [0.25, 0.3) is 0 Å². The molecular formula is C22H26N4O5S. The number of sulfonamides is 1. The second-order valence-corrected chi connectivity index (χ2v) is 10.1. The van der Waals surface area contributed by atoms with E-state index in [1.807, 2.05) is 18.7 Å². The molecule has 2 aromatic rings. The van der Waals surface area contributed by atoms with Crippen LogP contribution in [0.1, 0.15) is 25.8 Å². The van der Waals surface area contributed by atoms with Crippen LogP contribution >= 0.6 is 0 Å². The number of nitrogens with zero attached hydrogens (tertiary/aromatic N) is 4. The number of non-ortho nitro benzene ring substituents is 1. The summed E-state index contributed by atoms with van der Waals surface area (Å²) in [6, 6.07) is 11.3. The fraction of sp³-hybridized carbons (Fsp3) is 0.409. The molecule has 1 saturated heterocycles. The summed E-state index contributed by atoms with van der Waals surface area (Å²) in [5.41, 5.74) is 2.54. The van der Waals surface area contributed by atoms with E-state index in [1.165, 1.54) is 16.4 Å². The van der Waals surface area contributed by atoms with Crippen LogP contribution in [-0.2, 0) is 21.2 Å². The van der Waals surface area contributed by atoms with E-state index in [0.717, 1.165) is 16.9 Å². The number of amides is 1. The molecule has 2 aliphatic rings. The van der Waals surface area contributed by atoms with Gasteiger partial charge in [-0.1, -0.05) is 6.92 Å². The van der Waals surface area contributed by atoms with E-state index in [9.17, 15) is 23.3 Å². The molecule has 2 aromatic carbocycles. The summed E-state index contributed by atoms with van der Waals surface area (Å²) < 4.78 is 28.0. The SMILES string of the molecule is CCC(=O)N1c2ccc(S(=O)(=O)N3CCN(c4ccc([N+](=O)[O-])cc4)CC3)cc2C[C@@H]1C. The van der Waals surface area contributed by atoms with Crippen LogP contribution < -0.4 is 9.80 Å². The largest absolute Gasteiger partial charge is 0.369 e. The topological polar surface area (TPSA) is 104 Å². The molecule has 0 bridgehead atoms. The van der Waals surface area contributed by atoms with E-state index in [2.05, 4.69) is 0 Å². The summed E-state index contributed by atoms with van der Waals surface area (Å²) in [5.74, 6) is 0.0363. The highest BCUT2D eigenvalue weighted by Crippen LogP contribution is 2.35. The average Bonchev–Trinajstić information content (AvgIpc) is 3.13. The van der Waals surface area contributed by atoms with Crippen molar-refractivity contribution in [2.45, 2.75) is 37.6 Å². The Kier molecular flexibility index (Phi) is 5.91. The van der Waals surface area contributed by atoms with Gasteiger partial charge in [0, 0.05) is 62.1 Å². The highest BCUT2D eigenvalue weighted by molar-refractivity contribution is 7.89. The van der Waals surface area contributed by atoms with E-state index >= 15 is 0 Å². The van der Waals surface area contributed by atoms with Crippen molar-refractivity contribution < 1.29 is 18.1 Å². The highest BCUT2D eigenvalue weighted by Gasteiger charge is 2.33. The number of nitro groups is 1. The third-order valence-electron chi connectivity index (χ3n) is 6.14. The molecule has 1 amide bonds.